The number of nitrogens with zero attached hydrogens (tertiary/aromatic N) is 9. The molecule has 0 aromatic rings. The van der Waals surface area contributed by atoms with Crippen molar-refractivity contribution in [2.24, 2.45) is 41.4 Å². The van der Waals surface area contributed by atoms with Crippen molar-refractivity contribution >= 4 is 65.0 Å². The summed E-state index contributed by atoms with van der Waals surface area (Å²) >= 11 is 0. The van der Waals surface area contributed by atoms with Crippen LogP contribution in [0, 0.1) is 41.4 Å². The number of carbonyl (C=O) groups is 11. The van der Waals surface area contributed by atoms with E-state index in [1.807, 2.05) is 54.5 Å². The largest absolute Gasteiger partial charge is 0.390 e. The minimum atomic E-state index is -1.63. The Morgan fingerprint density at radius 2 is 0.937 bits per heavy atom. The van der Waals surface area contributed by atoms with Gasteiger partial charge in [0.1, 0.15) is 66.5 Å². The van der Waals surface area contributed by atoms with E-state index in [4.69, 9.17) is 4.74 Å². The molecular weight excluding hydrogens is 1220 g/mol. The summed E-state index contributed by atoms with van der Waals surface area (Å²) in [5.74, 6) is -10.3. The molecule has 2 fully saturated rings. The van der Waals surface area contributed by atoms with Crippen LogP contribution in [-0.4, -0.2) is 289 Å². The van der Waals surface area contributed by atoms with Crippen LogP contribution in [0.25, 0.3) is 0 Å². The van der Waals surface area contributed by atoms with Crippen LogP contribution >= 0.6 is 0 Å². The molecule has 0 aliphatic carbocycles. The fraction of sp³-hybridized carbons (Fsp3) is 0.812. The molecule has 2 aliphatic rings. The summed E-state index contributed by atoms with van der Waals surface area (Å²) in [6, 6.07) is -13.9. The topological polar surface area (TPSA) is 295 Å². The van der Waals surface area contributed by atoms with Gasteiger partial charge in [0.25, 0.3) is 0 Å². The molecule has 2 heterocycles. The predicted octanol–water partition coefficient (Wildman–Crippen LogP) is 2.51. The highest BCUT2D eigenvalue weighted by atomic mass is 16.5. The molecule has 0 saturated carbocycles. The molecule has 2 aliphatic heterocycles. The van der Waals surface area contributed by atoms with Gasteiger partial charge in [-0.2, -0.15) is 0 Å². The van der Waals surface area contributed by atoms with Crippen molar-refractivity contribution in [1.82, 2.24) is 65.4 Å². The summed E-state index contributed by atoms with van der Waals surface area (Å²) in [6.07, 6.45) is 2.83. The standard InChI is InChI=1S/C69H125N13O13/c1-26-28-29-45(13)58(83)57-62(87)72-50(27-2)65(90)74(18)49(17)64(89)79(23)56(46(14)39-82-32-30-81(31-33-82)34-35-95-25)61(86)73-54(43(9)10)68(93)75(19)51(36-40(3)4)60(85)70-47(15)59(84)71-48(16)63(88)76(20)52(37-41(5)6)66(91)77(21)53(38-42(7)8)67(92)78(22)55(44(11)12)69(94)80(57)24/h26,28,40-58,83H,27,29-39H2,1-25H3,(H,70,85)(H,71,84)(H,72,87)(H,73,86)/b28-26+/t45-,46+,47+,48-,49-,50+,51+,52+,53+,54+,55+,56?,57+,58-/m1/s1. The smallest absolute Gasteiger partial charge is 0.246 e. The number of hydrogen-bond acceptors (Lipinski definition) is 15. The molecular formula is C69H125N13O13. The van der Waals surface area contributed by atoms with E-state index in [1.54, 1.807) is 61.7 Å². The molecule has 0 radical (unpaired) electrons. The summed E-state index contributed by atoms with van der Waals surface area (Å²) in [4.78, 5) is 177. The van der Waals surface area contributed by atoms with Crippen molar-refractivity contribution in [2.45, 2.75) is 222 Å². The molecule has 0 spiro atoms. The van der Waals surface area contributed by atoms with Crippen LogP contribution in [0.3, 0.4) is 0 Å². The quantitative estimate of drug-likeness (QED) is 0.116. The van der Waals surface area contributed by atoms with Gasteiger partial charge in [-0.3, -0.25) is 57.6 Å². The van der Waals surface area contributed by atoms with E-state index in [0.717, 1.165) is 24.5 Å². The second-order valence-electron chi connectivity index (χ2n) is 28.9. The lowest BCUT2D eigenvalue weighted by molar-refractivity contribution is -0.157. The van der Waals surface area contributed by atoms with Crippen molar-refractivity contribution in [3.05, 3.63) is 12.2 Å². The monoisotopic (exact) mass is 1340 g/mol. The zero-order valence-electron chi connectivity index (χ0n) is 62.5. The lowest BCUT2D eigenvalue weighted by Gasteiger charge is -2.41. The van der Waals surface area contributed by atoms with E-state index in [0.29, 0.717) is 32.7 Å². The zero-order valence-corrected chi connectivity index (χ0v) is 62.5. The molecule has 0 aromatic carbocycles. The lowest BCUT2D eigenvalue weighted by Crippen LogP contribution is -2.64. The second kappa shape index (κ2) is 39.2. The fourth-order valence-electron chi connectivity index (χ4n) is 12.7. The highest BCUT2D eigenvalue weighted by Gasteiger charge is 2.47. The minimum absolute atomic E-state index is 0.00416. The first-order chi connectivity index (χ1) is 44.1. The Labute approximate surface area is 569 Å². The van der Waals surface area contributed by atoms with Crippen LogP contribution in [0.4, 0.5) is 0 Å². The SMILES string of the molecule is C/C=C/C[C@@H](C)[C@@H](O)[C@H]1C(=O)N[C@@H](CC)C(=O)N(C)[C@H](C)C(=O)N(C)C([C@@H](C)CN2CCN(CCOC)CC2)C(=O)N[C@@H](C(C)C)C(=O)N(C)[C@@H](CC(C)C)C(=O)N[C@@H](C)C(=O)N[C@H](C)C(=O)N(C)[C@@H](CC(C)C)C(=O)N(C)[C@@H](CC(C)C)C(=O)N(C)[C@@H](C(C)C)C(=O)N1C. The van der Waals surface area contributed by atoms with E-state index >= 15 is 28.8 Å². The Balaban J connectivity index is 3.05. The number of aliphatic hydroxyl groups is 1. The summed E-state index contributed by atoms with van der Waals surface area (Å²) in [5.41, 5.74) is 0. The van der Waals surface area contributed by atoms with Crippen LogP contribution in [0.5, 0.6) is 0 Å². The van der Waals surface area contributed by atoms with E-state index in [1.165, 1.54) is 99.5 Å². The van der Waals surface area contributed by atoms with Crippen molar-refractivity contribution in [1.29, 1.82) is 0 Å². The summed E-state index contributed by atoms with van der Waals surface area (Å²) < 4.78 is 5.31. The van der Waals surface area contributed by atoms with Crippen LogP contribution in [0.15, 0.2) is 12.2 Å². The first kappa shape index (κ1) is 84.8. The zero-order chi connectivity index (χ0) is 73.0. The van der Waals surface area contributed by atoms with Gasteiger partial charge in [0.2, 0.25) is 65.0 Å². The first-order valence-electron chi connectivity index (χ1n) is 34.5. The van der Waals surface area contributed by atoms with Crippen LogP contribution in [0.1, 0.15) is 150 Å². The van der Waals surface area contributed by atoms with Crippen molar-refractivity contribution in [3.8, 4) is 0 Å². The lowest BCUT2D eigenvalue weighted by atomic mass is 9.91. The van der Waals surface area contributed by atoms with Crippen molar-refractivity contribution in [3.63, 3.8) is 0 Å². The summed E-state index contributed by atoms with van der Waals surface area (Å²) in [7, 11) is 11.7. The molecule has 2 saturated heterocycles. The highest BCUT2D eigenvalue weighted by molar-refractivity contribution is 6.00. The number of hydrogen-bond donors (Lipinski definition) is 5. The maximum absolute atomic E-state index is 15.3. The number of amides is 11. The molecule has 26 nitrogen and oxygen atoms in total. The number of allylic oxidation sites excluding steroid dienone is 2. The molecule has 11 amide bonds. The average Bonchev–Trinajstić information content (AvgIpc) is 0.825. The van der Waals surface area contributed by atoms with Gasteiger partial charge in [0, 0.05) is 95.7 Å². The fourth-order valence-corrected chi connectivity index (χ4v) is 12.7. The first-order valence-corrected chi connectivity index (χ1v) is 34.5. The molecule has 95 heavy (non-hydrogen) atoms. The number of methoxy groups -OCH3 is 1. The van der Waals surface area contributed by atoms with Gasteiger partial charge in [-0.15, -0.1) is 0 Å². The third-order valence-corrected chi connectivity index (χ3v) is 19.0. The molecule has 26 heteroatoms. The molecule has 0 aromatic heterocycles. The molecule has 5 N–H and O–H groups in total. The molecule has 1 unspecified atom stereocenters. The van der Waals surface area contributed by atoms with E-state index in [9.17, 15) is 29.1 Å². The van der Waals surface area contributed by atoms with E-state index in [-0.39, 0.29) is 43.4 Å². The van der Waals surface area contributed by atoms with Gasteiger partial charge in [-0.25, -0.2) is 0 Å². The van der Waals surface area contributed by atoms with Gasteiger partial charge in [0.05, 0.1) is 12.7 Å². The third kappa shape index (κ3) is 23.5. The van der Waals surface area contributed by atoms with Crippen LogP contribution in [-0.2, 0) is 57.5 Å². The number of carbonyl (C=O) groups excluding carboxylic acids is 11. The molecule has 0 bridgehead atoms. The Bertz CT molecular complexity index is 2600. The van der Waals surface area contributed by atoms with Crippen LogP contribution < -0.4 is 21.3 Å². The Morgan fingerprint density at radius 1 is 0.484 bits per heavy atom. The molecule has 14 atom stereocenters. The Kier molecular flexibility index (Phi) is 35.0. The number of piperazine rings is 1. The van der Waals surface area contributed by atoms with Gasteiger partial charge in [-0.05, 0) is 101 Å². The van der Waals surface area contributed by atoms with Gasteiger partial charge < -0.3 is 70.3 Å². The maximum Gasteiger partial charge on any atom is 0.246 e. The van der Waals surface area contributed by atoms with Crippen molar-refractivity contribution < 1.29 is 62.6 Å². The Hall–Kier alpha value is -6.25. The maximum atomic E-state index is 15.3. The van der Waals surface area contributed by atoms with Crippen molar-refractivity contribution in [2.75, 3.05) is 102 Å². The van der Waals surface area contributed by atoms with E-state index < -0.39 is 161 Å². The molecule has 544 valence electrons. The average molecular weight is 1340 g/mol. The summed E-state index contributed by atoms with van der Waals surface area (Å²) in [6.45, 7) is 34.1. The summed E-state index contributed by atoms with van der Waals surface area (Å²) in [5, 5.41) is 23.5. The number of nitrogens with one attached hydrogen (secondary N) is 4. The number of likely N-dealkylation sites (N-methyl/N-ethyl adjacent to an activating group) is 7. The van der Waals surface area contributed by atoms with Gasteiger partial charge in [0.15, 0.2) is 0 Å². The van der Waals surface area contributed by atoms with Crippen LogP contribution in [0.2, 0.25) is 0 Å². The van der Waals surface area contributed by atoms with Gasteiger partial charge >= 0.3 is 0 Å². The number of aliphatic hydroxyl groups excluding tert-OH is 1. The minimum Gasteiger partial charge on any atom is -0.390 e. The Morgan fingerprint density at radius 3 is 1.42 bits per heavy atom. The third-order valence-electron chi connectivity index (χ3n) is 19.0. The normalized spacial score (nSPS) is 27.8. The predicted molar refractivity (Wildman–Crippen MR) is 368 cm³/mol. The van der Waals surface area contributed by atoms with E-state index in [2.05, 4.69) is 31.1 Å². The number of rotatable bonds is 19. The number of ether oxygens (including phenoxy) is 1. The molecule has 2 rings (SSSR count). The second-order valence-corrected chi connectivity index (χ2v) is 28.9. The highest BCUT2D eigenvalue weighted by Crippen LogP contribution is 2.26. The van der Waals surface area contributed by atoms with Gasteiger partial charge in [-0.1, -0.05) is 102 Å².